The number of ketones is 2. The molecule has 2 heterocycles. The molecule has 0 spiro atoms. The van der Waals surface area contributed by atoms with E-state index in [1.807, 2.05) is 12.1 Å². The number of carbonyl (C=O) groups excluding carboxylic acids is 2. The Kier molecular flexibility index (Phi) is 2.28. The monoisotopic (exact) mass is 229 g/mol. The van der Waals surface area contributed by atoms with Crippen LogP contribution in [-0.2, 0) is 17.6 Å². The first kappa shape index (κ1) is 10.5. The Morgan fingerprint density at radius 2 is 1.82 bits per heavy atom. The first-order valence-corrected chi connectivity index (χ1v) is 6.13. The van der Waals surface area contributed by atoms with Crippen LogP contribution >= 0.6 is 0 Å². The molecule has 17 heavy (non-hydrogen) atoms. The second-order valence-electron chi connectivity index (χ2n) is 4.87. The second-order valence-corrected chi connectivity index (χ2v) is 4.87. The van der Waals surface area contributed by atoms with Crippen molar-refractivity contribution in [3.63, 3.8) is 0 Å². The number of Topliss-reactive ketones (excluding diaryl/α,β-unsaturated/α-hetero) is 2. The van der Waals surface area contributed by atoms with Crippen molar-refractivity contribution in [3.8, 4) is 0 Å². The summed E-state index contributed by atoms with van der Waals surface area (Å²) < 4.78 is 0. The lowest BCUT2D eigenvalue weighted by Gasteiger charge is -2.27. The highest BCUT2D eigenvalue weighted by atomic mass is 16.2. The number of anilines is 1. The highest BCUT2D eigenvalue weighted by Crippen LogP contribution is 2.36. The molecule has 0 fully saturated rings. The van der Waals surface area contributed by atoms with Crippen LogP contribution in [0, 0.1) is 0 Å². The Labute approximate surface area is 100 Å². The third-order valence-electron chi connectivity index (χ3n) is 3.69. The van der Waals surface area contributed by atoms with Crippen molar-refractivity contribution in [3.05, 3.63) is 28.8 Å². The third kappa shape index (κ3) is 1.57. The molecule has 3 rings (SSSR count). The van der Waals surface area contributed by atoms with Gasteiger partial charge in [0.1, 0.15) is 0 Å². The zero-order chi connectivity index (χ0) is 12.0. The van der Waals surface area contributed by atoms with E-state index in [0.717, 1.165) is 32.4 Å². The van der Waals surface area contributed by atoms with Crippen molar-refractivity contribution in [2.24, 2.45) is 0 Å². The molecule has 0 atom stereocenters. The van der Waals surface area contributed by atoms with Crippen LogP contribution in [0.15, 0.2) is 12.1 Å². The van der Waals surface area contributed by atoms with Gasteiger partial charge in [0.25, 0.3) is 0 Å². The highest BCUT2D eigenvalue weighted by molar-refractivity contribution is 6.43. The van der Waals surface area contributed by atoms with Crippen LogP contribution in [0.2, 0.25) is 0 Å². The van der Waals surface area contributed by atoms with E-state index >= 15 is 0 Å². The predicted molar refractivity (Wildman–Crippen MR) is 65.7 cm³/mol. The minimum Gasteiger partial charge on any atom is -0.371 e. The van der Waals surface area contributed by atoms with Gasteiger partial charge in [0.2, 0.25) is 5.78 Å². The largest absolute Gasteiger partial charge is 0.371 e. The van der Waals surface area contributed by atoms with Crippen molar-refractivity contribution < 1.29 is 9.59 Å². The molecule has 0 unspecified atom stereocenters. The zero-order valence-electron chi connectivity index (χ0n) is 9.95. The number of nitrogens with zero attached hydrogens (tertiary/aromatic N) is 1. The lowest BCUT2D eigenvalue weighted by Crippen LogP contribution is -2.26. The molecule has 0 aromatic heterocycles. The van der Waals surface area contributed by atoms with Gasteiger partial charge in [-0.2, -0.15) is 0 Å². The topological polar surface area (TPSA) is 37.4 Å². The van der Waals surface area contributed by atoms with Crippen LogP contribution in [0.5, 0.6) is 0 Å². The van der Waals surface area contributed by atoms with Crippen LogP contribution in [0.25, 0.3) is 0 Å². The van der Waals surface area contributed by atoms with Crippen LogP contribution in [0.4, 0.5) is 5.69 Å². The Balaban J connectivity index is 2.11. The fourth-order valence-electron chi connectivity index (χ4n) is 2.93. The Bertz CT molecular complexity index is 519. The van der Waals surface area contributed by atoms with Gasteiger partial charge in [-0.3, -0.25) is 9.59 Å². The molecular formula is C14H15NO2. The number of aryl methyl sites for hydroxylation is 1. The molecule has 1 aromatic rings. The van der Waals surface area contributed by atoms with Gasteiger partial charge < -0.3 is 4.90 Å². The number of hydrogen-bond donors (Lipinski definition) is 0. The molecule has 2 aliphatic heterocycles. The maximum Gasteiger partial charge on any atom is 0.228 e. The fraction of sp³-hybridized carbons (Fsp3) is 0.429. The average Bonchev–Trinajstić information content (AvgIpc) is 2.73. The lowest BCUT2D eigenvalue weighted by atomic mass is 9.95. The Morgan fingerprint density at radius 1 is 1.12 bits per heavy atom. The minimum atomic E-state index is -0.372. The van der Waals surface area contributed by atoms with E-state index in [9.17, 15) is 9.59 Å². The summed E-state index contributed by atoms with van der Waals surface area (Å²) in [4.78, 5) is 25.3. The number of hydrogen-bond acceptors (Lipinski definition) is 3. The quantitative estimate of drug-likeness (QED) is 0.573. The van der Waals surface area contributed by atoms with Crippen molar-refractivity contribution in [1.29, 1.82) is 0 Å². The summed E-state index contributed by atoms with van der Waals surface area (Å²) in [6, 6.07) is 3.83. The molecule has 0 bridgehead atoms. The molecule has 1 aromatic carbocycles. The summed E-state index contributed by atoms with van der Waals surface area (Å²) in [5, 5.41) is 0. The van der Waals surface area contributed by atoms with Gasteiger partial charge in [-0.15, -0.1) is 0 Å². The van der Waals surface area contributed by atoms with E-state index in [1.165, 1.54) is 23.7 Å². The molecule has 0 N–H and O–H groups in total. The van der Waals surface area contributed by atoms with Crippen molar-refractivity contribution in [2.75, 3.05) is 18.0 Å². The van der Waals surface area contributed by atoms with Crippen LogP contribution < -0.4 is 4.90 Å². The molecule has 88 valence electrons. The number of carbonyl (C=O) groups is 2. The molecule has 0 saturated heterocycles. The maximum atomic E-state index is 11.7. The SMILES string of the molecule is CC(=O)C(=O)c1cc2c3c(c1)CCN3CCC2. The Morgan fingerprint density at radius 3 is 2.53 bits per heavy atom. The minimum absolute atomic E-state index is 0.354. The van der Waals surface area contributed by atoms with E-state index in [4.69, 9.17) is 0 Å². The van der Waals surface area contributed by atoms with E-state index in [0.29, 0.717) is 5.56 Å². The van der Waals surface area contributed by atoms with Gasteiger partial charge in [-0.05, 0) is 42.5 Å². The van der Waals surface area contributed by atoms with E-state index in [2.05, 4.69) is 4.90 Å². The van der Waals surface area contributed by atoms with Crippen LogP contribution in [-0.4, -0.2) is 24.7 Å². The first-order valence-electron chi connectivity index (χ1n) is 6.13. The normalized spacial score (nSPS) is 16.9. The molecule has 2 aliphatic rings. The fourth-order valence-corrected chi connectivity index (χ4v) is 2.93. The summed E-state index contributed by atoms with van der Waals surface area (Å²) in [6.45, 7) is 3.52. The Hall–Kier alpha value is -1.64. The van der Waals surface area contributed by atoms with Crippen LogP contribution in [0.1, 0.15) is 34.8 Å². The second kappa shape index (κ2) is 3.69. The van der Waals surface area contributed by atoms with Crippen molar-refractivity contribution >= 4 is 17.3 Å². The molecule has 0 aliphatic carbocycles. The van der Waals surface area contributed by atoms with Crippen LogP contribution in [0.3, 0.4) is 0 Å². The number of benzene rings is 1. The van der Waals surface area contributed by atoms with Crippen molar-refractivity contribution in [1.82, 2.24) is 0 Å². The van der Waals surface area contributed by atoms with Gasteiger partial charge in [-0.25, -0.2) is 0 Å². The van der Waals surface area contributed by atoms with Gasteiger partial charge in [0, 0.05) is 31.3 Å². The third-order valence-corrected chi connectivity index (χ3v) is 3.69. The highest BCUT2D eigenvalue weighted by Gasteiger charge is 2.27. The summed E-state index contributed by atoms with van der Waals surface area (Å²) >= 11 is 0. The van der Waals surface area contributed by atoms with E-state index in [1.54, 1.807) is 0 Å². The standard InChI is InChI=1S/C14H15NO2/c1-9(16)14(17)12-7-10-3-2-5-15-6-4-11(8-12)13(10)15/h7-8H,2-6H2,1H3. The van der Waals surface area contributed by atoms with Gasteiger partial charge in [0.05, 0.1) is 0 Å². The first-order chi connectivity index (χ1) is 8.16. The van der Waals surface area contributed by atoms with Crippen molar-refractivity contribution in [2.45, 2.75) is 26.2 Å². The summed E-state index contributed by atoms with van der Waals surface area (Å²) in [5.74, 6) is -0.726. The van der Waals surface area contributed by atoms with Gasteiger partial charge in [0.15, 0.2) is 5.78 Å². The summed E-state index contributed by atoms with van der Waals surface area (Å²) in [7, 11) is 0. The smallest absolute Gasteiger partial charge is 0.228 e. The summed E-state index contributed by atoms with van der Waals surface area (Å²) in [6.07, 6.45) is 3.17. The lowest BCUT2D eigenvalue weighted by molar-refractivity contribution is -0.113. The predicted octanol–water partition coefficient (Wildman–Crippen LogP) is 1.77. The zero-order valence-corrected chi connectivity index (χ0v) is 9.95. The van der Waals surface area contributed by atoms with Gasteiger partial charge >= 0.3 is 0 Å². The van der Waals surface area contributed by atoms with E-state index < -0.39 is 0 Å². The summed E-state index contributed by atoms with van der Waals surface area (Å²) in [5.41, 5.74) is 4.40. The molecule has 3 nitrogen and oxygen atoms in total. The average molecular weight is 229 g/mol. The maximum absolute atomic E-state index is 11.7. The molecule has 0 radical (unpaired) electrons. The molecular weight excluding hydrogens is 214 g/mol. The molecule has 3 heteroatoms. The molecule has 0 amide bonds. The van der Waals surface area contributed by atoms with E-state index in [-0.39, 0.29) is 11.6 Å². The number of rotatable bonds is 2. The molecule has 0 saturated carbocycles. The van der Waals surface area contributed by atoms with Gasteiger partial charge in [-0.1, -0.05) is 0 Å².